The summed E-state index contributed by atoms with van der Waals surface area (Å²) in [6.45, 7) is 5.29. The molecule has 0 aliphatic carbocycles. The fourth-order valence-corrected chi connectivity index (χ4v) is 2.29. The molecule has 0 unspecified atom stereocenters. The Morgan fingerprint density at radius 1 is 1.09 bits per heavy atom. The average Bonchev–Trinajstić information content (AvgIpc) is 3.03. The van der Waals surface area contributed by atoms with Crippen molar-refractivity contribution >= 4 is 5.57 Å². The van der Waals surface area contributed by atoms with Crippen molar-refractivity contribution in [3.8, 4) is 11.5 Å². The van der Waals surface area contributed by atoms with Crippen LogP contribution in [0.15, 0.2) is 67.3 Å². The van der Waals surface area contributed by atoms with Gasteiger partial charge in [-0.2, -0.15) is 0 Å². The van der Waals surface area contributed by atoms with Gasteiger partial charge in [-0.15, -0.1) is 0 Å². The normalized spacial score (nSPS) is 13.2. The number of hydrogen-bond donors (Lipinski definition) is 0. The van der Waals surface area contributed by atoms with E-state index < -0.39 is 0 Å². The predicted molar refractivity (Wildman–Crippen MR) is 86.8 cm³/mol. The van der Waals surface area contributed by atoms with Crippen LogP contribution >= 0.6 is 0 Å². The molecule has 3 rings (SSSR count). The molecule has 0 atom stereocenters. The quantitative estimate of drug-likeness (QED) is 0.590. The summed E-state index contributed by atoms with van der Waals surface area (Å²) in [5.74, 6) is 1.56. The minimum absolute atomic E-state index is 0.284. The largest absolute Gasteiger partial charge is 0.454 e. The molecule has 0 bridgehead atoms. The zero-order chi connectivity index (χ0) is 15.2. The van der Waals surface area contributed by atoms with Crippen molar-refractivity contribution in [2.45, 2.75) is 6.61 Å². The van der Waals surface area contributed by atoms with Crippen LogP contribution in [0.25, 0.3) is 5.57 Å². The first kappa shape index (κ1) is 14.4. The van der Waals surface area contributed by atoms with Gasteiger partial charge in [-0.3, -0.25) is 0 Å². The molecule has 2 aromatic carbocycles. The Balaban J connectivity index is 1.62. The lowest BCUT2D eigenvalue weighted by Crippen LogP contribution is -1.94. The molecule has 22 heavy (non-hydrogen) atoms. The Morgan fingerprint density at radius 3 is 2.73 bits per heavy atom. The van der Waals surface area contributed by atoms with Crippen molar-refractivity contribution in [2.24, 2.45) is 0 Å². The molecule has 1 heterocycles. The molecule has 0 amide bonds. The van der Waals surface area contributed by atoms with Crippen LogP contribution in [0.1, 0.15) is 11.1 Å². The predicted octanol–water partition coefficient (Wildman–Crippen LogP) is 4.20. The molecule has 0 fully saturated rings. The van der Waals surface area contributed by atoms with Gasteiger partial charge in [0.25, 0.3) is 0 Å². The Kier molecular flexibility index (Phi) is 4.56. The van der Waals surface area contributed by atoms with E-state index in [1.807, 2.05) is 48.6 Å². The number of benzene rings is 2. The molecule has 0 aromatic heterocycles. The monoisotopic (exact) mass is 294 g/mol. The van der Waals surface area contributed by atoms with Gasteiger partial charge in [-0.1, -0.05) is 55.1 Å². The van der Waals surface area contributed by atoms with Crippen molar-refractivity contribution < 1.29 is 14.2 Å². The van der Waals surface area contributed by atoms with Crippen LogP contribution in [0.4, 0.5) is 0 Å². The van der Waals surface area contributed by atoms with E-state index in [1.54, 1.807) is 0 Å². The first-order valence-electron chi connectivity index (χ1n) is 7.21. The summed E-state index contributed by atoms with van der Waals surface area (Å²) in [5.41, 5.74) is 3.23. The van der Waals surface area contributed by atoms with Crippen molar-refractivity contribution in [2.75, 3.05) is 13.4 Å². The van der Waals surface area contributed by atoms with Crippen LogP contribution in [0.2, 0.25) is 0 Å². The van der Waals surface area contributed by atoms with Crippen LogP contribution in [0.5, 0.6) is 11.5 Å². The van der Waals surface area contributed by atoms with Gasteiger partial charge in [0.2, 0.25) is 6.79 Å². The number of fused-ring (bicyclic) bond motifs is 1. The summed E-state index contributed by atoms with van der Waals surface area (Å²) in [6.07, 6.45) is 3.84. The van der Waals surface area contributed by atoms with E-state index in [4.69, 9.17) is 14.2 Å². The molecule has 1 aliphatic heterocycles. The van der Waals surface area contributed by atoms with Crippen molar-refractivity contribution in [3.63, 3.8) is 0 Å². The van der Waals surface area contributed by atoms with Crippen LogP contribution in [-0.2, 0) is 11.3 Å². The van der Waals surface area contributed by atoms with Crippen LogP contribution < -0.4 is 9.47 Å². The fourth-order valence-electron chi connectivity index (χ4n) is 2.29. The van der Waals surface area contributed by atoms with Gasteiger partial charge in [0.15, 0.2) is 11.5 Å². The first-order valence-corrected chi connectivity index (χ1v) is 7.21. The van der Waals surface area contributed by atoms with E-state index in [0.29, 0.717) is 13.2 Å². The third kappa shape index (κ3) is 3.38. The third-order valence-electron chi connectivity index (χ3n) is 3.46. The van der Waals surface area contributed by atoms with E-state index in [2.05, 4.69) is 18.7 Å². The minimum atomic E-state index is 0.284. The van der Waals surface area contributed by atoms with E-state index >= 15 is 0 Å². The highest BCUT2D eigenvalue weighted by atomic mass is 16.7. The summed E-state index contributed by atoms with van der Waals surface area (Å²) in [6, 6.07) is 16.0. The molecule has 0 radical (unpaired) electrons. The maximum atomic E-state index is 5.69. The van der Waals surface area contributed by atoms with E-state index in [9.17, 15) is 0 Å². The van der Waals surface area contributed by atoms with Gasteiger partial charge >= 0.3 is 0 Å². The Morgan fingerprint density at radius 2 is 1.91 bits per heavy atom. The summed E-state index contributed by atoms with van der Waals surface area (Å²) in [5, 5.41) is 0. The van der Waals surface area contributed by atoms with E-state index in [-0.39, 0.29) is 6.79 Å². The minimum Gasteiger partial charge on any atom is -0.454 e. The van der Waals surface area contributed by atoms with Crippen molar-refractivity contribution in [1.29, 1.82) is 0 Å². The lowest BCUT2D eigenvalue weighted by atomic mass is 10.1. The van der Waals surface area contributed by atoms with Gasteiger partial charge in [-0.05, 0) is 28.8 Å². The molecular weight excluding hydrogens is 276 g/mol. The second kappa shape index (κ2) is 6.96. The number of hydrogen-bond acceptors (Lipinski definition) is 3. The highest BCUT2D eigenvalue weighted by Gasteiger charge is 2.13. The fraction of sp³-hybridized carbons (Fsp3) is 0.158. The lowest BCUT2D eigenvalue weighted by molar-refractivity contribution is 0.149. The molecule has 3 nitrogen and oxygen atoms in total. The molecule has 0 saturated carbocycles. The smallest absolute Gasteiger partial charge is 0.231 e. The highest BCUT2D eigenvalue weighted by molar-refractivity contribution is 5.75. The van der Waals surface area contributed by atoms with Gasteiger partial charge in [0.1, 0.15) is 0 Å². The van der Waals surface area contributed by atoms with Crippen LogP contribution in [0, 0.1) is 0 Å². The summed E-state index contributed by atoms with van der Waals surface area (Å²) in [7, 11) is 0. The molecular formula is C19H18O3. The zero-order valence-electron chi connectivity index (χ0n) is 12.3. The summed E-state index contributed by atoms with van der Waals surface area (Å²) >= 11 is 0. The Bertz CT molecular complexity index is 674. The molecule has 0 N–H and O–H groups in total. The van der Waals surface area contributed by atoms with E-state index in [0.717, 1.165) is 22.6 Å². The Hall–Kier alpha value is -2.52. The zero-order valence-corrected chi connectivity index (χ0v) is 12.3. The molecule has 112 valence electrons. The van der Waals surface area contributed by atoms with Gasteiger partial charge < -0.3 is 14.2 Å². The first-order chi connectivity index (χ1) is 10.9. The maximum Gasteiger partial charge on any atom is 0.231 e. The van der Waals surface area contributed by atoms with Crippen LogP contribution in [0.3, 0.4) is 0 Å². The summed E-state index contributed by atoms with van der Waals surface area (Å²) in [4.78, 5) is 0. The molecule has 2 aromatic rings. The number of allylic oxidation sites excluding steroid dienone is 2. The Labute approximate surface area is 130 Å². The standard InChI is InChI=1S/C19H18O3/c1-2-16(10-11-20-13-15-6-4-3-5-7-15)17-8-9-18-19(12-17)22-14-21-18/h2-10,12H,1,11,13-14H2/b16-10+. The maximum absolute atomic E-state index is 5.69. The molecule has 3 heteroatoms. The van der Waals surface area contributed by atoms with E-state index in [1.165, 1.54) is 5.56 Å². The van der Waals surface area contributed by atoms with Gasteiger partial charge in [-0.25, -0.2) is 0 Å². The molecule has 0 saturated heterocycles. The third-order valence-corrected chi connectivity index (χ3v) is 3.46. The highest BCUT2D eigenvalue weighted by Crippen LogP contribution is 2.34. The SMILES string of the molecule is C=C/C(=C\COCc1ccccc1)c1ccc2c(c1)OCO2. The molecule has 0 spiro atoms. The van der Waals surface area contributed by atoms with Gasteiger partial charge in [0.05, 0.1) is 13.2 Å². The van der Waals surface area contributed by atoms with Gasteiger partial charge in [0, 0.05) is 0 Å². The van der Waals surface area contributed by atoms with Crippen molar-refractivity contribution in [1.82, 2.24) is 0 Å². The van der Waals surface area contributed by atoms with Crippen LogP contribution in [-0.4, -0.2) is 13.4 Å². The average molecular weight is 294 g/mol. The second-order valence-electron chi connectivity index (χ2n) is 4.93. The lowest BCUT2D eigenvalue weighted by Gasteiger charge is -2.06. The number of rotatable bonds is 6. The van der Waals surface area contributed by atoms with Crippen molar-refractivity contribution in [3.05, 3.63) is 78.4 Å². The molecule has 1 aliphatic rings. The second-order valence-corrected chi connectivity index (χ2v) is 4.93. The number of ether oxygens (including phenoxy) is 3. The topological polar surface area (TPSA) is 27.7 Å². The summed E-state index contributed by atoms with van der Waals surface area (Å²) < 4.78 is 16.4.